The summed E-state index contributed by atoms with van der Waals surface area (Å²) < 4.78 is 0. The number of phenols is 1. The van der Waals surface area contributed by atoms with E-state index in [0.717, 1.165) is 5.56 Å². The standard InChI is InChI=1S/C8H9NO.2B.Zr/c1-9-6-7-4-2-3-5-8(7)10;;;/h2-6,10H,1H3;;;. The molecule has 0 heterocycles. The summed E-state index contributed by atoms with van der Waals surface area (Å²) in [7, 11) is 1.67. The van der Waals surface area contributed by atoms with Crippen LogP contribution in [-0.2, 0) is 26.2 Å². The number of aromatic hydroxyl groups is 1. The van der Waals surface area contributed by atoms with Crippen LogP contribution in [0.4, 0.5) is 0 Å². The van der Waals surface area contributed by atoms with Crippen LogP contribution in [0, 0.1) is 0 Å². The molecule has 1 aromatic rings. The molecule has 0 atom stereocenters. The third-order valence-corrected chi connectivity index (χ3v) is 1.20. The van der Waals surface area contributed by atoms with Gasteiger partial charge in [0.25, 0.3) is 0 Å². The number of benzene rings is 1. The minimum Gasteiger partial charge on any atom is -0.507 e. The molecule has 0 bridgehead atoms. The van der Waals surface area contributed by atoms with E-state index in [-0.39, 0.29) is 48.8 Å². The maximum atomic E-state index is 9.15. The fourth-order valence-electron chi connectivity index (χ4n) is 0.736. The smallest absolute Gasteiger partial charge is 0.124 e. The van der Waals surface area contributed by atoms with E-state index in [1.54, 1.807) is 25.4 Å². The zero-order chi connectivity index (χ0) is 7.40. The Bertz CT molecular complexity index is 256. The van der Waals surface area contributed by atoms with Gasteiger partial charge in [-0.15, -0.1) is 0 Å². The number of aliphatic imine (C=N–C) groups is 1. The molecule has 0 aromatic heterocycles. The van der Waals surface area contributed by atoms with Gasteiger partial charge >= 0.3 is 0 Å². The molecule has 0 aliphatic heterocycles. The summed E-state index contributed by atoms with van der Waals surface area (Å²) in [5, 5.41) is 9.15. The zero-order valence-corrected chi connectivity index (χ0v) is 9.89. The van der Waals surface area contributed by atoms with Crippen molar-refractivity contribution in [1.82, 2.24) is 0 Å². The summed E-state index contributed by atoms with van der Waals surface area (Å²) in [5.74, 6) is 0.271. The first kappa shape index (κ1) is 18.5. The van der Waals surface area contributed by atoms with Gasteiger partial charge in [0, 0.05) is 61.9 Å². The van der Waals surface area contributed by atoms with Gasteiger partial charge in [-0.1, -0.05) is 12.1 Å². The van der Waals surface area contributed by atoms with E-state index >= 15 is 0 Å². The normalized spacial score (nSPS) is 8.08. The monoisotopic (exact) mass is 247 g/mol. The van der Waals surface area contributed by atoms with Crippen LogP contribution in [0.2, 0.25) is 0 Å². The van der Waals surface area contributed by atoms with Crippen LogP contribution in [0.25, 0.3) is 0 Å². The predicted molar refractivity (Wildman–Crippen MR) is 53.1 cm³/mol. The molecule has 0 unspecified atom stereocenters. The Hall–Kier alpha value is -0.297. The molecular formula is C8H9B2NOZr. The Balaban J connectivity index is -0.000000333. The number of rotatable bonds is 1. The van der Waals surface area contributed by atoms with E-state index in [9.17, 15) is 0 Å². The van der Waals surface area contributed by atoms with Gasteiger partial charge in [0.2, 0.25) is 0 Å². The Morgan fingerprint density at radius 2 is 1.77 bits per heavy atom. The molecule has 0 saturated heterocycles. The van der Waals surface area contributed by atoms with Crippen molar-refractivity contribution in [3.8, 4) is 5.75 Å². The summed E-state index contributed by atoms with van der Waals surface area (Å²) >= 11 is 0. The van der Waals surface area contributed by atoms with Gasteiger partial charge in [0.1, 0.15) is 5.75 Å². The Labute approximate surface area is 102 Å². The first-order valence-electron chi connectivity index (χ1n) is 3.05. The molecule has 5 heteroatoms. The van der Waals surface area contributed by atoms with Crippen molar-refractivity contribution >= 4 is 23.0 Å². The molecule has 0 fully saturated rings. The van der Waals surface area contributed by atoms with Crippen LogP contribution in [-0.4, -0.2) is 35.2 Å². The maximum absolute atomic E-state index is 9.15. The van der Waals surface area contributed by atoms with E-state index in [4.69, 9.17) is 5.11 Å². The van der Waals surface area contributed by atoms with Gasteiger partial charge < -0.3 is 5.11 Å². The van der Waals surface area contributed by atoms with Gasteiger partial charge in [0.15, 0.2) is 0 Å². The van der Waals surface area contributed by atoms with Gasteiger partial charge in [-0.3, -0.25) is 4.99 Å². The van der Waals surface area contributed by atoms with Gasteiger partial charge in [-0.05, 0) is 12.1 Å². The predicted octanol–water partition coefficient (Wildman–Crippen LogP) is 0.677. The molecule has 13 heavy (non-hydrogen) atoms. The molecule has 0 amide bonds. The van der Waals surface area contributed by atoms with E-state index in [0.29, 0.717) is 0 Å². The molecule has 6 radical (unpaired) electrons. The summed E-state index contributed by atoms with van der Waals surface area (Å²) in [6.45, 7) is 0. The molecule has 1 rings (SSSR count). The molecule has 1 N–H and O–H groups in total. The van der Waals surface area contributed by atoms with E-state index in [1.807, 2.05) is 12.1 Å². The SMILES string of the molecule is CN=Cc1ccccc1O.[B].[B].[Zr]. The van der Waals surface area contributed by atoms with Crippen molar-refractivity contribution < 1.29 is 31.3 Å². The van der Waals surface area contributed by atoms with Crippen molar-refractivity contribution in [2.45, 2.75) is 0 Å². The summed E-state index contributed by atoms with van der Waals surface area (Å²) in [6.07, 6.45) is 1.62. The van der Waals surface area contributed by atoms with Crippen molar-refractivity contribution in [1.29, 1.82) is 0 Å². The van der Waals surface area contributed by atoms with Crippen LogP contribution in [0.3, 0.4) is 0 Å². The first-order valence-corrected chi connectivity index (χ1v) is 3.05. The maximum Gasteiger partial charge on any atom is 0.124 e. The number of nitrogens with zero attached hydrogens (tertiary/aromatic N) is 1. The second kappa shape index (κ2) is 9.79. The molecular weight excluding hydrogens is 239 g/mol. The van der Waals surface area contributed by atoms with Crippen LogP contribution in [0.5, 0.6) is 5.75 Å². The van der Waals surface area contributed by atoms with Crippen molar-refractivity contribution in [3.63, 3.8) is 0 Å². The molecule has 1 aromatic carbocycles. The summed E-state index contributed by atoms with van der Waals surface area (Å²) in [6, 6.07) is 7.08. The Kier molecular flexibility index (Phi) is 13.9. The van der Waals surface area contributed by atoms with E-state index in [1.165, 1.54) is 0 Å². The molecule has 0 saturated carbocycles. The van der Waals surface area contributed by atoms with E-state index in [2.05, 4.69) is 4.99 Å². The number of hydrogen-bond acceptors (Lipinski definition) is 2. The Morgan fingerprint density at radius 1 is 1.23 bits per heavy atom. The fraction of sp³-hybridized carbons (Fsp3) is 0.125. The second-order valence-corrected chi connectivity index (χ2v) is 1.95. The van der Waals surface area contributed by atoms with Gasteiger partial charge in [-0.2, -0.15) is 0 Å². The minimum atomic E-state index is 0. The fourth-order valence-corrected chi connectivity index (χ4v) is 0.736. The van der Waals surface area contributed by atoms with Crippen molar-refractivity contribution in [3.05, 3.63) is 29.8 Å². The molecule has 2 nitrogen and oxygen atoms in total. The van der Waals surface area contributed by atoms with Crippen LogP contribution in [0.1, 0.15) is 5.56 Å². The number of para-hydroxylation sites is 1. The first-order chi connectivity index (χ1) is 4.84. The number of phenolic OH excluding ortho intramolecular Hbond substituents is 1. The topological polar surface area (TPSA) is 32.6 Å². The summed E-state index contributed by atoms with van der Waals surface area (Å²) in [5.41, 5.74) is 0.755. The quantitative estimate of drug-likeness (QED) is 0.575. The van der Waals surface area contributed by atoms with Crippen molar-refractivity contribution in [2.24, 2.45) is 4.99 Å². The third kappa shape index (κ3) is 5.87. The number of hydrogen-bond donors (Lipinski definition) is 1. The molecule has 62 valence electrons. The van der Waals surface area contributed by atoms with Gasteiger partial charge in [-0.25, -0.2) is 0 Å². The largest absolute Gasteiger partial charge is 0.507 e. The van der Waals surface area contributed by atoms with E-state index < -0.39 is 0 Å². The summed E-state index contributed by atoms with van der Waals surface area (Å²) in [4.78, 5) is 3.78. The third-order valence-electron chi connectivity index (χ3n) is 1.20. The molecule has 0 aliphatic rings. The average Bonchev–Trinajstić information content (AvgIpc) is 1.94. The van der Waals surface area contributed by atoms with Crippen LogP contribution < -0.4 is 0 Å². The Morgan fingerprint density at radius 3 is 2.23 bits per heavy atom. The van der Waals surface area contributed by atoms with Crippen molar-refractivity contribution in [2.75, 3.05) is 7.05 Å². The second-order valence-electron chi connectivity index (χ2n) is 1.95. The zero-order valence-electron chi connectivity index (χ0n) is 7.44. The van der Waals surface area contributed by atoms with Crippen LogP contribution >= 0.6 is 0 Å². The molecule has 0 spiro atoms. The molecule has 0 aliphatic carbocycles. The van der Waals surface area contributed by atoms with Gasteiger partial charge in [0.05, 0.1) is 0 Å². The average molecular weight is 248 g/mol. The van der Waals surface area contributed by atoms with Crippen LogP contribution in [0.15, 0.2) is 29.3 Å². The minimum absolute atomic E-state index is 0.